The van der Waals surface area contributed by atoms with Crippen molar-refractivity contribution in [2.24, 2.45) is 0 Å². The van der Waals surface area contributed by atoms with Crippen LogP contribution in [-0.2, 0) is 25.5 Å². The van der Waals surface area contributed by atoms with Crippen molar-refractivity contribution in [1.29, 1.82) is 0 Å². The van der Waals surface area contributed by atoms with Gasteiger partial charge in [0.25, 0.3) is 0 Å². The first-order valence-electron chi connectivity index (χ1n) is 9.94. The highest BCUT2D eigenvalue weighted by molar-refractivity contribution is 5.91. The van der Waals surface area contributed by atoms with Crippen molar-refractivity contribution in [2.75, 3.05) is 19.8 Å². The predicted octanol–water partition coefficient (Wildman–Crippen LogP) is 3.69. The van der Waals surface area contributed by atoms with Gasteiger partial charge in [-0.3, -0.25) is 14.5 Å². The maximum Gasteiger partial charge on any atom is 0.410 e. The summed E-state index contributed by atoms with van der Waals surface area (Å²) in [5, 5.41) is 0. The van der Waals surface area contributed by atoms with E-state index in [1.165, 1.54) is 0 Å². The van der Waals surface area contributed by atoms with E-state index in [0.29, 0.717) is 26.0 Å². The zero-order valence-electron chi connectivity index (χ0n) is 16.5. The second-order valence-corrected chi connectivity index (χ2v) is 6.79. The fraction of sp³-hybridized carbons (Fsp3) is 0.500. The summed E-state index contributed by atoms with van der Waals surface area (Å²) in [7, 11) is 0. The summed E-state index contributed by atoms with van der Waals surface area (Å²) in [5.41, 5.74) is 0.968. The van der Waals surface area contributed by atoms with Gasteiger partial charge in [0.2, 0.25) is 0 Å². The molecular formula is C22H29NO5. The Hall–Kier alpha value is -2.63. The molecular weight excluding hydrogens is 358 g/mol. The lowest BCUT2D eigenvalue weighted by atomic mass is 10.1. The Morgan fingerprint density at radius 2 is 1.93 bits per heavy atom. The second kappa shape index (κ2) is 12.0. The van der Waals surface area contributed by atoms with E-state index in [-0.39, 0.29) is 30.5 Å². The van der Waals surface area contributed by atoms with E-state index in [1.54, 1.807) is 24.0 Å². The van der Waals surface area contributed by atoms with Gasteiger partial charge in [-0.15, -0.1) is 0 Å². The van der Waals surface area contributed by atoms with Gasteiger partial charge in [0, 0.05) is 19.4 Å². The summed E-state index contributed by atoms with van der Waals surface area (Å²) in [6.45, 7) is 3.07. The average Bonchev–Trinajstić information content (AvgIpc) is 3.03. The molecule has 0 saturated carbocycles. The minimum absolute atomic E-state index is 0.00413. The zero-order chi connectivity index (χ0) is 20.2. The van der Waals surface area contributed by atoms with E-state index in [4.69, 9.17) is 9.47 Å². The number of rotatable bonds is 12. The van der Waals surface area contributed by atoms with Crippen LogP contribution in [0.3, 0.4) is 0 Å². The molecule has 0 aromatic heterocycles. The number of carbonyl (C=O) groups excluding carboxylic acids is 3. The fourth-order valence-electron chi connectivity index (χ4n) is 3.09. The van der Waals surface area contributed by atoms with Crippen LogP contribution in [0.4, 0.5) is 4.79 Å². The molecule has 1 aliphatic rings. The van der Waals surface area contributed by atoms with Crippen molar-refractivity contribution < 1.29 is 23.9 Å². The molecule has 1 saturated heterocycles. The van der Waals surface area contributed by atoms with Crippen molar-refractivity contribution >= 4 is 17.8 Å². The first kappa shape index (κ1) is 21.7. The van der Waals surface area contributed by atoms with Crippen LogP contribution < -0.4 is 0 Å². The first-order chi connectivity index (χ1) is 13.6. The number of allylic oxidation sites excluding steroid dienone is 1. The standard InChI is InChI=1S/C22H29NO5/c1-2-27-21(25)12-8-3-4-9-15-23-19(17-28-22(23)26)13-14-20(24)16-18-10-6-5-7-11-18/h5-7,10-11,13-14,19H,2-4,8-9,12,15-17H2,1H3. The predicted molar refractivity (Wildman–Crippen MR) is 106 cm³/mol. The van der Waals surface area contributed by atoms with Crippen LogP contribution in [0.25, 0.3) is 0 Å². The van der Waals surface area contributed by atoms with E-state index in [9.17, 15) is 14.4 Å². The Labute approximate surface area is 166 Å². The largest absolute Gasteiger partial charge is 0.466 e. The van der Waals surface area contributed by atoms with Gasteiger partial charge in [0.15, 0.2) is 5.78 Å². The lowest BCUT2D eigenvalue weighted by Crippen LogP contribution is -2.33. The van der Waals surface area contributed by atoms with E-state index in [1.807, 2.05) is 30.3 Å². The number of hydrogen-bond donors (Lipinski definition) is 0. The monoisotopic (exact) mass is 387 g/mol. The highest BCUT2D eigenvalue weighted by Crippen LogP contribution is 2.16. The molecule has 6 nitrogen and oxygen atoms in total. The molecule has 0 N–H and O–H groups in total. The molecule has 0 spiro atoms. The average molecular weight is 387 g/mol. The van der Waals surface area contributed by atoms with Crippen LogP contribution in [0.15, 0.2) is 42.5 Å². The van der Waals surface area contributed by atoms with Gasteiger partial charge in [0.1, 0.15) is 6.61 Å². The molecule has 1 atom stereocenters. The van der Waals surface area contributed by atoms with E-state index < -0.39 is 0 Å². The number of ketones is 1. The topological polar surface area (TPSA) is 72.9 Å². The minimum Gasteiger partial charge on any atom is -0.466 e. The number of cyclic esters (lactones) is 1. The molecule has 0 aliphatic carbocycles. The van der Waals surface area contributed by atoms with Crippen LogP contribution in [0.2, 0.25) is 0 Å². The minimum atomic E-state index is -0.336. The summed E-state index contributed by atoms with van der Waals surface area (Å²) in [4.78, 5) is 37.0. The highest BCUT2D eigenvalue weighted by atomic mass is 16.6. The van der Waals surface area contributed by atoms with Crippen molar-refractivity contribution in [2.45, 2.75) is 51.5 Å². The first-order valence-corrected chi connectivity index (χ1v) is 9.94. The van der Waals surface area contributed by atoms with Crippen molar-refractivity contribution in [3.8, 4) is 0 Å². The van der Waals surface area contributed by atoms with Crippen LogP contribution in [-0.4, -0.2) is 48.5 Å². The van der Waals surface area contributed by atoms with Gasteiger partial charge in [0.05, 0.1) is 12.6 Å². The molecule has 28 heavy (non-hydrogen) atoms. The maximum absolute atomic E-state index is 12.1. The molecule has 6 heteroatoms. The zero-order valence-corrected chi connectivity index (χ0v) is 16.5. The number of hydrogen-bond acceptors (Lipinski definition) is 5. The Kier molecular flexibility index (Phi) is 9.25. The number of unbranched alkanes of at least 4 members (excludes halogenated alkanes) is 3. The van der Waals surface area contributed by atoms with Crippen LogP contribution >= 0.6 is 0 Å². The summed E-state index contributed by atoms with van der Waals surface area (Å²) < 4.78 is 10.0. The number of ether oxygens (including phenoxy) is 2. The number of carbonyl (C=O) groups is 3. The number of benzene rings is 1. The normalized spacial score (nSPS) is 16.4. The van der Waals surface area contributed by atoms with Crippen LogP contribution in [0, 0.1) is 0 Å². The fourth-order valence-corrected chi connectivity index (χ4v) is 3.09. The number of amides is 1. The molecule has 1 aromatic carbocycles. The Morgan fingerprint density at radius 1 is 1.18 bits per heavy atom. The number of nitrogens with zero attached hydrogens (tertiary/aromatic N) is 1. The Bertz CT molecular complexity index is 671. The quantitative estimate of drug-likeness (QED) is 0.311. The molecule has 1 unspecified atom stereocenters. The van der Waals surface area contributed by atoms with Gasteiger partial charge in [-0.25, -0.2) is 4.79 Å². The maximum atomic E-state index is 12.1. The summed E-state index contributed by atoms with van der Waals surface area (Å²) >= 11 is 0. The van der Waals surface area contributed by atoms with Gasteiger partial charge < -0.3 is 9.47 Å². The molecule has 1 aromatic rings. The van der Waals surface area contributed by atoms with E-state index >= 15 is 0 Å². The van der Waals surface area contributed by atoms with Crippen LogP contribution in [0.5, 0.6) is 0 Å². The Balaban J connectivity index is 1.70. The molecule has 152 valence electrons. The van der Waals surface area contributed by atoms with Crippen molar-refractivity contribution in [3.05, 3.63) is 48.0 Å². The molecule has 2 rings (SSSR count). The van der Waals surface area contributed by atoms with Gasteiger partial charge in [-0.1, -0.05) is 49.2 Å². The molecule has 0 bridgehead atoms. The Morgan fingerprint density at radius 3 is 2.68 bits per heavy atom. The van der Waals surface area contributed by atoms with Crippen molar-refractivity contribution in [3.63, 3.8) is 0 Å². The lowest BCUT2D eigenvalue weighted by molar-refractivity contribution is -0.143. The molecule has 1 heterocycles. The third-order valence-corrected chi connectivity index (χ3v) is 4.57. The summed E-state index contributed by atoms with van der Waals surface area (Å²) in [5.74, 6) is -0.152. The molecule has 1 fully saturated rings. The SMILES string of the molecule is CCOC(=O)CCCCCCN1C(=O)OCC1C=CC(=O)Cc1ccccc1. The number of esters is 1. The van der Waals surface area contributed by atoms with Gasteiger partial charge in [-0.05, 0) is 31.4 Å². The van der Waals surface area contributed by atoms with Crippen molar-refractivity contribution in [1.82, 2.24) is 4.90 Å². The van der Waals surface area contributed by atoms with Crippen LogP contribution in [0.1, 0.15) is 44.6 Å². The lowest BCUT2D eigenvalue weighted by Gasteiger charge is -2.18. The van der Waals surface area contributed by atoms with Gasteiger partial charge in [-0.2, -0.15) is 0 Å². The third-order valence-electron chi connectivity index (χ3n) is 4.57. The van der Waals surface area contributed by atoms with E-state index in [0.717, 1.165) is 31.2 Å². The molecule has 1 amide bonds. The third kappa shape index (κ3) is 7.55. The smallest absolute Gasteiger partial charge is 0.410 e. The summed E-state index contributed by atoms with van der Waals surface area (Å²) in [6, 6.07) is 9.37. The highest BCUT2D eigenvalue weighted by Gasteiger charge is 2.30. The molecule has 1 aliphatic heterocycles. The molecule has 0 radical (unpaired) electrons. The summed E-state index contributed by atoms with van der Waals surface area (Å²) in [6.07, 6.45) is 7.22. The van der Waals surface area contributed by atoms with E-state index in [2.05, 4.69) is 0 Å². The van der Waals surface area contributed by atoms with Gasteiger partial charge >= 0.3 is 12.1 Å². The second-order valence-electron chi connectivity index (χ2n) is 6.79.